The maximum Gasteiger partial charge on any atom is 0.416 e. The van der Waals surface area contributed by atoms with Crippen LogP contribution in [-0.2, 0) is 11.0 Å². The van der Waals surface area contributed by atoms with Crippen LogP contribution < -0.4 is 10.2 Å². The average molecular weight is 601 g/mol. The fourth-order valence-electron chi connectivity index (χ4n) is 6.34. The normalized spacial score (nSPS) is 25.7. The Morgan fingerprint density at radius 3 is 2.40 bits per heavy atom. The molecular weight excluding hydrogens is 573 g/mol. The number of benzene rings is 2. The monoisotopic (exact) mass is 600 g/mol. The molecule has 3 N–H and O–H groups in total. The number of nitrogens with zero attached hydrogens (tertiary/aromatic N) is 3. The van der Waals surface area contributed by atoms with E-state index in [1.165, 1.54) is 24.3 Å². The fourth-order valence-corrected chi connectivity index (χ4v) is 7.32. The summed E-state index contributed by atoms with van der Waals surface area (Å²) >= 11 is 0. The van der Waals surface area contributed by atoms with E-state index in [4.69, 9.17) is 0 Å². The number of rotatable bonds is 4. The number of ketones is 1. The molecule has 2 aromatic rings. The van der Waals surface area contributed by atoms with Gasteiger partial charge in [0.2, 0.25) is 0 Å². The minimum Gasteiger partial charge on any atom is -0.334 e. The molecule has 13 heteroatoms. The number of alkyl halides is 3. The number of allylic oxidation sites excluding steroid dienone is 1. The molecule has 4 amide bonds. The first-order valence-electron chi connectivity index (χ1n) is 13.4. The number of nitrogens with one attached hydrogen (secondary N) is 1. The molecule has 0 saturated heterocycles. The number of nitriles is 1. The fraction of sp³-hybridized carbons (Fsp3) is 0.379. The molecule has 0 radical (unpaired) electrons. The standard InChI is InChI=1S/C29H27F3N4O5S/c1-42(40,41)23-10-15(14-33)8-9-20(23)26-24-21(6-3-7-22(24)37)35(19-5-2-4-18(13-19)29(30,31)32)28(39)36(26)27(38)34-25-16-11-17(25)12-16/h2,4-5,8-10,13,16-17,25-26,40-41H,3,6-7,11-12H2,1H3,(H,34,38)/t16?,17?,25?,26-/m1/s1. The summed E-state index contributed by atoms with van der Waals surface area (Å²) in [6.45, 7) is 0. The number of carbonyl (C=O) groups is 3. The Morgan fingerprint density at radius 2 is 1.81 bits per heavy atom. The van der Waals surface area contributed by atoms with Crippen LogP contribution in [0.5, 0.6) is 0 Å². The molecular formula is C29H27F3N4O5S. The Morgan fingerprint density at radius 1 is 1.10 bits per heavy atom. The summed E-state index contributed by atoms with van der Waals surface area (Å²) < 4.78 is 62.5. The number of halogens is 3. The first kappa shape index (κ1) is 28.3. The second kappa shape index (κ2) is 9.86. The van der Waals surface area contributed by atoms with Crippen LogP contribution in [0.2, 0.25) is 0 Å². The van der Waals surface area contributed by atoms with Gasteiger partial charge in [-0.05, 0) is 67.9 Å². The topological polar surface area (TPSA) is 134 Å². The van der Waals surface area contributed by atoms with Crippen molar-refractivity contribution in [1.82, 2.24) is 10.2 Å². The maximum atomic E-state index is 14.3. The predicted octanol–water partition coefficient (Wildman–Crippen LogP) is 6.42. The summed E-state index contributed by atoms with van der Waals surface area (Å²) in [5.41, 5.74) is -0.817. The number of hydrogen-bond donors (Lipinski definition) is 3. The van der Waals surface area contributed by atoms with Crippen LogP contribution in [0.4, 0.5) is 28.4 Å². The van der Waals surface area contributed by atoms with Gasteiger partial charge in [-0.1, -0.05) is 12.1 Å². The number of Topliss-reactive ketones (excluding diaryl/α,β-unsaturated/α-hetero) is 1. The van der Waals surface area contributed by atoms with Crippen molar-refractivity contribution in [1.29, 1.82) is 5.26 Å². The lowest BCUT2D eigenvalue weighted by molar-refractivity contribution is -0.137. The molecule has 0 aromatic heterocycles. The van der Waals surface area contributed by atoms with Gasteiger partial charge in [-0.25, -0.2) is 14.5 Å². The van der Waals surface area contributed by atoms with Crippen LogP contribution in [0.1, 0.15) is 54.8 Å². The van der Waals surface area contributed by atoms with Gasteiger partial charge >= 0.3 is 18.2 Å². The van der Waals surface area contributed by atoms with Gasteiger partial charge in [0.15, 0.2) is 5.78 Å². The molecule has 3 saturated carbocycles. The van der Waals surface area contributed by atoms with Gasteiger partial charge < -0.3 is 5.32 Å². The number of urea groups is 2. The van der Waals surface area contributed by atoms with Gasteiger partial charge in [0.1, 0.15) is 6.04 Å². The highest BCUT2D eigenvalue weighted by molar-refractivity contribution is 8.23. The lowest BCUT2D eigenvalue weighted by atomic mass is 9.52. The highest BCUT2D eigenvalue weighted by Crippen LogP contribution is 2.55. The molecule has 2 aromatic carbocycles. The molecule has 42 heavy (non-hydrogen) atoms. The van der Waals surface area contributed by atoms with E-state index in [2.05, 4.69) is 5.32 Å². The van der Waals surface area contributed by atoms with Crippen molar-refractivity contribution in [2.45, 2.75) is 55.3 Å². The summed E-state index contributed by atoms with van der Waals surface area (Å²) in [4.78, 5) is 43.5. The van der Waals surface area contributed by atoms with E-state index in [0.717, 1.165) is 47.1 Å². The van der Waals surface area contributed by atoms with Crippen LogP contribution in [0, 0.1) is 23.2 Å². The number of imide groups is 1. The van der Waals surface area contributed by atoms with E-state index < -0.39 is 46.2 Å². The summed E-state index contributed by atoms with van der Waals surface area (Å²) in [6.07, 6.45) is -1.12. The van der Waals surface area contributed by atoms with E-state index >= 15 is 0 Å². The first-order valence-corrected chi connectivity index (χ1v) is 15.4. The molecule has 5 aliphatic rings. The lowest BCUT2D eigenvalue weighted by Gasteiger charge is -2.58. The molecule has 3 fully saturated rings. The zero-order chi connectivity index (χ0) is 30.1. The van der Waals surface area contributed by atoms with Gasteiger partial charge in [0.25, 0.3) is 0 Å². The van der Waals surface area contributed by atoms with Gasteiger partial charge in [-0.15, -0.1) is 0 Å². The smallest absolute Gasteiger partial charge is 0.334 e. The second-order valence-corrected chi connectivity index (χ2v) is 13.3. The van der Waals surface area contributed by atoms with Crippen molar-refractivity contribution in [2.75, 3.05) is 11.2 Å². The minimum absolute atomic E-state index is 0.0155. The summed E-state index contributed by atoms with van der Waals surface area (Å²) in [5, 5.41) is 12.3. The molecule has 2 bridgehead atoms. The molecule has 1 atom stereocenters. The lowest BCUT2D eigenvalue weighted by Crippen LogP contribution is -2.67. The van der Waals surface area contributed by atoms with Crippen LogP contribution in [-0.4, -0.2) is 44.1 Å². The molecule has 1 aliphatic heterocycles. The maximum absolute atomic E-state index is 14.3. The van der Waals surface area contributed by atoms with E-state index in [1.807, 2.05) is 6.07 Å². The zero-order valence-corrected chi connectivity index (χ0v) is 23.2. The SMILES string of the molecule is CS(O)(O)c1cc(C#N)ccc1[C@@H]1C2=C(CCCC2=O)N(c2cccc(C(F)(F)F)c2)C(=O)N1C(=O)NC1C2CC1C2. The Hall–Kier alpha value is -3.86. The molecule has 9 nitrogen and oxygen atoms in total. The number of hydrogen-bond acceptors (Lipinski definition) is 6. The minimum atomic E-state index is -4.70. The summed E-state index contributed by atoms with van der Waals surface area (Å²) in [6, 6.07) is 6.70. The average Bonchev–Trinajstić information content (AvgIpc) is 2.88. The van der Waals surface area contributed by atoms with Crippen LogP contribution in [0.3, 0.4) is 0 Å². The Labute approximate surface area is 240 Å². The van der Waals surface area contributed by atoms with Crippen LogP contribution in [0.15, 0.2) is 58.6 Å². The highest BCUT2D eigenvalue weighted by Gasteiger charge is 2.55. The highest BCUT2D eigenvalue weighted by atomic mass is 32.3. The quantitative estimate of drug-likeness (QED) is 0.371. The van der Waals surface area contributed by atoms with Gasteiger partial charge in [0, 0.05) is 35.6 Å². The van der Waals surface area contributed by atoms with E-state index in [0.29, 0.717) is 6.42 Å². The predicted molar refractivity (Wildman–Crippen MR) is 147 cm³/mol. The summed E-state index contributed by atoms with van der Waals surface area (Å²) in [7, 11) is -3.54. The van der Waals surface area contributed by atoms with Crippen LogP contribution >= 0.6 is 10.6 Å². The third-order valence-corrected chi connectivity index (χ3v) is 9.84. The largest absolute Gasteiger partial charge is 0.416 e. The number of amides is 4. The molecule has 4 aliphatic carbocycles. The van der Waals surface area contributed by atoms with Gasteiger partial charge in [-0.3, -0.25) is 18.8 Å². The van der Waals surface area contributed by atoms with Crippen molar-refractivity contribution < 1.29 is 36.7 Å². The second-order valence-electron chi connectivity index (χ2n) is 11.2. The van der Waals surface area contributed by atoms with Crippen molar-refractivity contribution in [3.8, 4) is 6.07 Å². The molecule has 0 spiro atoms. The van der Waals surface area contributed by atoms with Crippen LogP contribution in [0.25, 0.3) is 0 Å². The molecule has 0 unspecified atom stereocenters. The molecule has 220 valence electrons. The summed E-state index contributed by atoms with van der Waals surface area (Å²) in [5.74, 6) is 0.102. The molecule has 7 rings (SSSR count). The zero-order valence-electron chi connectivity index (χ0n) is 22.4. The van der Waals surface area contributed by atoms with Gasteiger partial charge in [-0.2, -0.15) is 29.0 Å². The Kier molecular flexibility index (Phi) is 6.64. The van der Waals surface area contributed by atoms with E-state index in [-0.39, 0.29) is 63.7 Å². The molecule has 1 heterocycles. The number of anilines is 1. The number of carbonyl (C=O) groups excluding carboxylic acids is 3. The van der Waals surface area contributed by atoms with Crippen molar-refractivity contribution in [2.24, 2.45) is 11.8 Å². The van der Waals surface area contributed by atoms with Crippen molar-refractivity contribution in [3.05, 3.63) is 70.4 Å². The van der Waals surface area contributed by atoms with E-state index in [1.54, 1.807) is 0 Å². The van der Waals surface area contributed by atoms with Gasteiger partial charge in [0.05, 0.1) is 27.8 Å². The Bertz CT molecular complexity index is 1580. The third kappa shape index (κ3) is 4.54. The van der Waals surface area contributed by atoms with Crippen molar-refractivity contribution in [3.63, 3.8) is 0 Å². The first-order chi connectivity index (χ1) is 19.8. The Balaban J connectivity index is 1.57. The third-order valence-electron chi connectivity index (χ3n) is 8.65. The van der Waals surface area contributed by atoms with Crippen molar-refractivity contribution >= 4 is 34.1 Å². The van der Waals surface area contributed by atoms with E-state index in [9.17, 15) is 41.9 Å².